The normalized spacial score (nSPS) is 39.0. The summed E-state index contributed by atoms with van der Waals surface area (Å²) in [4.78, 5) is 11.8. The zero-order valence-corrected chi connectivity index (χ0v) is 11.6. The Balaban J connectivity index is 1.66. The standard InChI is InChI=1S/C12H17F2NO4S/c13-12(14,20-19-18-17)10(16)15-11-4-7-1-8(5-11)3-9(2-7)6-11/h7-9,17H,1-6H2,(H,15,16). The van der Waals surface area contributed by atoms with Gasteiger partial charge in [-0.3, -0.25) is 4.79 Å². The van der Waals surface area contributed by atoms with Gasteiger partial charge >= 0.3 is 11.2 Å². The van der Waals surface area contributed by atoms with Crippen molar-refractivity contribution in [2.75, 3.05) is 0 Å². The van der Waals surface area contributed by atoms with Crippen molar-refractivity contribution in [3.05, 3.63) is 0 Å². The van der Waals surface area contributed by atoms with E-state index in [1.54, 1.807) is 0 Å². The molecule has 20 heavy (non-hydrogen) atoms. The minimum Gasteiger partial charge on any atom is -0.345 e. The largest absolute Gasteiger partial charge is 0.397 e. The number of alkyl halides is 2. The topological polar surface area (TPSA) is 67.8 Å². The molecule has 4 aliphatic carbocycles. The van der Waals surface area contributed by atoms with Crippen molar-refractivity contribution in [1.29, 1.82) is 0 Å². The van der Waals surface area contributed by atoms with Crippen LogP contribution in [0.4, 0.5) is 8.78 Å². The first-order valence-electron chi connectivity index (χ1n) is 6.79. The Morgan fingerprint density at radius 1 is 1.20 bits per heavy atom. The van der Waals surface area contributed by atoms with Crippen molar-refractivity contribution < 1.29 is 28.2 Å². The SMILES string of the molecule is O=C(NC12CC3CC(CC(C3)C1)C2)C(F)(F)SOOO. The summed E-state index contributed by atoms with van der Waals surface area (Å²) in [6.07, 6.45) is 5.89. The third-order valence-electron chi connectivity index (χ3n) is 4.85. The molecule has 4 aliphatic rings. The van der Waals surface area contributed by atoms with Crippen LogP contribution in [-0.4, -0.2) is 22.0 Å². The van der Waals surface area contributed by atoms with Crippen LogP contribution >= 0.6 is 12.0 Å². The van der Waals surface area contributed by atoms with E-state index in [0.29, 0.717) is 17.8 Å². The minimum absolute atomic E-state index is 0.476. The van der Waals surface area contributed by atoms with Crippen LogP contribution in [0.15, 0.2) is 0 Å². The number of nitrogens with one attached hydrogen (secondary N) is 1. The molecule has 4 bridgehead atoms. The molecule has 0 unspecified atom stereocenters. The lowest BCUT2D eigenvalue weighted by molar-refractivity contribution is -0.433. The molecule has 0 radical (unpaired) electrons. The molecule has 0 saturated heterocycles. The van der Waals surface area contributed by atoms with Gasteiger partial charge in [0, 0.05) is 5.54 Å². The summed E-state index contributed by atoms with van der Waals surface area (Å²) in [6, 6.07) is 0. The molecule has 4 saturated carbocycles. The fraction of sp³-hybridized carbons (Fsp3) is 0.917. The lowest BCUT2D eigenvalue weighted by Crippen LogP contribution is -2.61. The first-order valence-corrected chi connectivity index (χ1v) is 7.53. The monoisotopic (exact) mass is 309 g/mol. The first-order chi connectivity index (χ1) is 9.42. The number of hydrogen-bond donors (Lipinski definition) is 2. The van der Waals surface area contributed by atoms with Crippen LogP contribution in [0.2, 0.25) is 0 Å². The molecule has 1 amide bonds. The van der Waals surface area contributed by atoms with Gasteiger partial charge in [0.15, 0.2) is 0 Å². The van der Waals surface area contributed by atoms with Gasteiger partial charge in [0.1, 0.15) is 12.0 Å². The van der Waals surface area contributed by atoms with E-state index in [1.807, 2.05) is 0 Å². The van der Waals surface area contributed by atoms with Crippen LogP contribution in [0.3, 0.4) is 0 Å². The molecule has 0 spiro atoms. The number of carbonyl (C=O) groups excluding carboxylic acids is 1. The predicted molar refractivity (Wildman–Crippen MR) is 66.4 cm³/mol. The quantitative estimate of drug-likeness (QED) is 0.464. The number of carbonyl (C=O) groups is 1. The third-order valence-corrected chi connectivity index (χ3v) is 5.37. The van der Waals surface area contributed by atoms with Crippen molar-refractivity contribution in [3.8, 4) is 0 Å². The van der Waals surface area contributed by atoms with Gasteiger partial charge in [-0.1, -0.05) is 5.04 Å². The second-order valence-electron chi connectivity index (χ2n) is 6.39. The van der Waals surface area contributed by atoms with E-state index in [9.17, 15) is 13.6 Å². The van der Waals surface area contributed by atoms with Crippen LogP contribution < -0.4 is 5.32 Å². The molecular formula is C12H17F2NO4S. The molecule has 114 valence electrons. The Morgan fingerprint density at radius 3 is 2.15 bits per heavy atom. The Kier molecular flexibility index (Phi) is 3.68. The Morgan fingerprint density at radius 2 is 1.70 bits per heavy atom. The lowest BCUT2D eigenvalue weighted by Gasteiger charge is -2.57. The number of amides is 1. The van der Waals surface area contributed by atoms with E-state index in [1.165, 1.54) is 19.3 Å². The summed E-state index contributed by atoms with van der Waals surface area (Å²) in [6.45, 7) is 0. The zero-order chi connectivity index (χ0) is 14.4. The van der Waals surface area contributed by atoms with Crippen LogP contribution in [0.1, 0.15) is 38.5 Å². The summed E-state index contributed by atoms with van der Waals surface area (Å²) in [7, 11) is 0. The van der Waals surface area contributed by atoms with Crippen molar-refractivity contribution >= 4 is 17.9 Å². The highest BCUT2D eigenvalue weighted by molar-refractivity contribution is 7.96. The maximum atomic E-state index is 13.5. The molecule has 4 fully saturated rings. The predicted octanol–water partition coefficient (Wildman–Crippen LogP) is 2.73. The van der Waals surface area contributed by atoms with E-state index >= 15 is 0 Å². The molecule has 0 aliphatic heterocycles. The van der Waals surface area contributed by atoms with Gasteiger partial charge < -0.3 is 5.32 Å². The van der Waals surface area contributed by atoms with Gasteiger partial charge in [0.2, 0.25) is 0 Å². The zero-order valence-electron chi connectivity index (χ0n) is 10.8. The van der Waals surface area contributed by atoms with Crippen molar-refractivity contribution in [3.63, 3.8) is 0 Å². The highest BCUT2D eigenvalue weighted by Gasteiger charge is 2.54. The number of hydrogen-bond acceptors (Lipinski definition) is 5. The number of halogens is 2. The molecule has 0 aromatic rings. The van der Waals surface area contributed by atoms with Crippen LogP contribution in [-0.2, 0) is 14.2 Å². The summed E-state index contributed by atoms with van der Waals surface area (Å²) in [5.74, 6) is 0.293. The van der Waals surface area contributed by atoms with Crippen molar-refractivity contribution in [1.82, 2.24) is 5.32 Å². The Labute approximate surface area is 119 Å². The summed E-state index contributed by atoms with van der Waals surface area (Å²) >= 11 is -0.502. The second kappa shape index (κ2) is 5.08. The van der Waals surface area contributed by atoms with Crippen molar-refractivity contribution in [2.24, 2.45) is 17.8 Å². The maximum absolute atomic E-state index is 13.5. The first kappa shape index (κ1) is 14.5. The molecule has 0 atom stereocenters. The molecule has 0 aromatic heterocycles. The van der Waals surface area contributed by atoms with E-state index in [-0.39, 0.29) is 0 Å². The fourth-order valence-electron chi connectivity index (χ4n) is 4.67. The van der Waals surface area contributed by atoms with Gasteiger partial charge in [0.05, 0.1) is 0 Å². The lowest BCUT2D eigenvalue weighted by atomic mass is 9.53. The summed E-state index contributed by atoms with van der Waals surface area (Å²) in [5.41, 5.74) is -0.476. The van der Waals surface area contributed by atoms with Gasteiger partial charge in [-0.2, -0.15) is 8.78 Å². The van der Waals surface area contributed by atoms with Crippen LogP contribution in [0.25, 0.3) is 0 Å². The number of rotatable bonds is 5. The minimum atomic E-state index is -3.79. The molecule has 2 N–H and O–H groups in total. The molecule has 0 aromatic carbocycles. The van der Waals surface area contributed by atoms with Gasteiger partial charge in [-0.05, 0) is 56.3 Å². The van der Waals surface area contributed by atoms with Gasteiger partial charge in [0.25, 0.3) is 0 Å². The molecule has 8 heteroatoms. The van der Waals surface area contributed by atoms with E-state index < -0.39 is 28.7 Å². The highest BCUT2D eigenvalue weighted by atomic mass is 32.2. The molecule has 4 rings (SSSR count). The third kappa shape index (κ3) is 2.66. The fourth-order valence-corrected chi connectivity index (χ4v) is 4.92. The summed E-state index contributed by atoms with van der Waals surface area (Å²) in [5, 5.41) is 9.79. The molecule has 0 heterocycles. The molecular weight excluding hydrogens is 292 g/mol. The summed E-state index contributed by atoms with van der Waals surface area (Å²) < 4.78 is 30.7. The average Bonchev–Trinajstić information content (AvgIpc) is 2.34. The van der Waals surface area contributed by atoms with Crippen LogP contribution in [0.5, 0.6) is 0 Å². The van der Waals surface area contributed by atoms with Gasteiger partial charge in [-0.25, -0.2) is 5.26 Å². The van der Waals surface area contributed by atoms with E-state index in [0.717, 1.165) is 19.3 Å². The van der Waals surface area contributed by atoms with E-state index in [2.05, 4.69) is 14.7 Å². The smallest absolute Gasteiger partial charge is 0.345 e. The average molecular weight is 309 g/mol. The Bertz CT molecular complexity index is 372. The van der Waals surface area contributed by atoms with Crippen LogP contribution in [0, 0.1) is 17.8 Å². The maximum Gasteiger partial charge on any atom is 0.397 e. The Hall–Kier alpha value is -0.440. The molecule has 5 nitrogen and oxygen atoms in total. The van der Waals surface area contributed by atoms with Crippen molar-refractivity contribution in [2.45, 2.75) is 49.3 Å². The highest BCUT2D eigenvalue weighted by Crippen LogP contribution is 2.55. The van der Waals surface area contributed by atoms with E-state index in [4.69, 9.17) is 5.26 Å². The second-order valence-corrected chi connectivity index (χ2v) is 7.21. The van der Waals surface area contributed by atoms with Gasteiger partial charge in [-0.15, -0.1) is 4.33 Å².